The quantitative estimate of drug-likeness (QED) is 0.167. The van der Waals surface area contributed by atoms with E-state index < -0.39 is 0 Å². The van der Waals surface area contributed by atoms with Crippen molar-refractivity contribution < 1.29 is 4.42 Å². The van der Waals surface area contributed by atoms with E-state index in [1.807, 2.05) is 0 Å². The molecule has 0 bridgehead atoms. The van der Waals surface area contributed by atoms with Crippen LogP contribution in [0, 0.1) is 0 Å². The van der Waals surface area contributed by atoms with Crippen LogP contribution >= 0.6 is 0 Å². The van der Waals surface area contributed by atoms with E-state index in [-0.39, 0.29) is 5.41 Å². The zero-order valence-corrected chi connectivity index (χ0v) is 29.8. The highest BCUT2D eigenvalue weighted by Crippen LogP contribution is 2.53. The van der Waals surface area contributed by atoms with E-state index in [4.69, 9.17) is 4.42 Å². The lowest BCUT2D eigenvalue weighted by atomic mass is 9.74. The molecular formula is C52H35NO. The van der Waals surface area contributed by atoms with Gasteiger partial charge in [-0.25, -0.2) is 0 Å². The molecule has 0 spiro atoms. The fourth-order valence-corrected chi connectivity index (χ4v) is 9.10. The Balaban J connectivity index is 1.14. The minimum Gasteiger partial charge on any atom is -0.454 e. The minimum absolute atomic E-state index is 0.306. The molecule has 1 heterocycles. The van der Waals surface area contributed by atoms with Gasteiger partial charge in [0, 0.05) is 27.3 Å². The fraction of sp³-hybridized carbons (Fsp3) is 0.0385. The molecule has 0 N–H and O–H groups in total. The molecule has 1 aliphatic carbocycles. The third kappa shape index (κ3) is 4.47. The number of rotatable bonds is 5. The lowest BCUT2D eigenvalue weighted by Gasteiger charge is -2.28. The Morgan fingerprint density at radius 1 is 0.426 bits per heavy atom. The number of anilines is 3. The van der Waals surface area contributed by atoms with Crippen LogP contribution in [0.2, 0.25) is 0 Å². The van der Waals surface area contributed by atoms with Gasteiger partial charge in [0.2, 0.25) is 0 Å². The first-order chi connectivity index (χ1) is 26.7. The molecule has 9 aromatic carbocycles. The molecule has 2 heteroatoms. The zero-order chi connectivity index (χ0) is 35.8. The van der Waals surface area contributed by atoms with E-state index in [1.165, 1.54) is 60.5 Å². The van der Waals surface area contributed by atoms with Crippen LogP contribution in [0.5, 0.6) is 0 Å². The van der Waals surface area contributed by atoms with Crippen molar-refractivity contribution in [1.82, 2.24) is 0 Å². The number of hydrogen-bond donors (Lipinski definition) is 0. The van der Waals surface area contributed by atoms with Gasteiger partial charge in [0.25, 0.3) is 0 Å². The maximum absolute atomic E-state index is 7.08. The Morgan fingerprint density at radius 2 is 1.04 bits per heavy atom. The molecule has 1 aliphatic rings. The monoisotopic (exact) mass is 689 g/mol. The Hall–Kier alpha value is -6.90. The molecule has 2 nitrogen and oxygen atoms in total. The maximum Gasteiger partial charge on any atom is 0.159 e. The fourth-order valence-electron chi connectivity index (χ4n) is 9.10. The minimum atomic E-state index is -0.306. The molecular weight excluding hydrogens is 655 g/mol. The molecule has 0 saturated heterocycles. The van der Waals surface area contributed by atoms with Crippen LogP contribution < -0.4 is 4.90 Å². The summed E-state index contributed by atoms with van der Waals surface area (Å²) >= 11 is 0. The van der Waals surface area contributed by atoms with Gasteiger partial charge in [-0.05, 0) is 92.4 Å². The number of nitrogens with zero attached hydrogens (tertiary/aromatic N) is 1. The standard InChI is InChI=1S/C52H35NO/c1-52(46-23-11-9-19-41(46)42-20-10-12-24-47(42)52)37-28-31-44-45-22-13-25-48(51(45)54-50(44)33-37)53(38-29-26-35(27-30-38)34-14-3-2-4-15-34)49-32-36-16-5-6-17-39(36)40-18-7-8-21-43(40)49/h2-33H,1H3. The average Bonchev–Trinajstić information content (AvgIpc) is 3.75. The maximum atomic E-state index is 7.08. The topological polar surface area (TPSA) is 16.4 Å². The summed E-state index contributed by atoms with van der Waals surface area (Å²) in [6.45, 7) is 2.36. The lowest BCUT2D eigenvalue weighted by molar-refractivity contribution is 0.662. The summed E-state index contributed by atoms with van der Waals surface area (Å²) in [4.78, 5) is 2.39. The van der Waals surface area contributed by atoms with E-state index in [2.05, 4.69) is 206 Å². The largest absolute Gasteiger partial charge is 0.454 e. The van der Waals surface area contributed by atoms with Crippen molar-refractivity contribution in [3.8, 4) is 22.3 Å². The van der Waals surface area contributed by atoms with Crippen LogP contribution in [0.1, 0.15) is 23.6 Å². The molecule has 0 fully saturated rings. The van der Waals surface area contributed by atoms with Crippen molar-refractivity contribution in [2.24, 2.45) is 0 Å². The molecule has 254 valence electrons. The molecule has 54 heavy (non-hydrogen) atoms. The summed E-state index contributed by atoms with van der Waals surface area (Å²) in [5.74, 6) is 0. The average molecular weight is 690 g/mol. The predicted octanol–water partition coefficient (Wildman–Crippen LogP) is 14.4. The molecule has 0 aliphatic heterocycles. The van der Waals surface area contributed by atoms with Gasteiger partial charge in [0.05, 0.1) is 11.4 Å². The number of furan rings is 1. The number of para-hydroxylation sites is 1. The first-order valence-electron chi connectivity index (χ1n) is 18.7. The third-order valence-electron chi connectivity index (χ3n) is 11.7. The van der Waals surface area contributed by atoms with Gasteiger partial charge in [-0.1, -0.05) is 164 Å². The van der Waals surface area contributed by atoms with Crippen molar-refractivity contribution in [2.75, 3.05) is 4.90 Å². The first kappa shape index (κ1) is 30.7. The Morgan fingerprint density at radius 3 is 1.80 bits per heavy atom. The van der Waals surface area contributed by atoms with Crippen LogP contribution in [0.3, 0.4) is 0 Å². The van der Waals surface area contributed by atoms with E-state index in [9.17, 15) is 0 Å². The van der Waals surface area contributed by atoms with Crippen LogP contribution in [-0.2, 0) is 5.41 Å². The SMILES string of the molecule is CC1(c2ccc3c(c2)oc2c(N(c4ccc(-c5ccccc5)cc4)c4cc5ccccc5c5ccccc45)cccc23)c2ccccc2-c2ccccc21. The second-order valence-electron chi connectivity index (χ2n) is 14.6. The second kappa shape index (κ2) is 11.8. The van der Waals surface area contributed by atoms with Crippen LogP contribution in [0.15, 0.2) is 199 Å². The van der Waals surface area contributed by atoms with E-state index in [0.717, 1.165) is 39.0 Å². The van der Waals surface area contributed by atoms with Gasteiger partial charge in [-0.15, -0.1) is 0 Å². The summed E-state index contributed by atoms with van der Waals surface area (Å²) in [5.41, 5.74) is 13.5. The number of fused-ring (bicyclic) bond motifs is 9. The first-order valence-corrected chi connectivity index (χ1v) is 18.7. The van der Waals surface area contributed by atoms with Crippen molar-refractivity contribution in [3.63, 3.8) is 0 Å². The van der Waals surface area contributed by atoms with E-state index in [1.54, 1.807) is 0 Å². The Kier molecular flexibility index (Phi) is 6.72. The number of benzene rings is 9. The molecule has 10 aromatic rings. The van der Waals surface area contributed by atoms with Gasteiger partial charge in [0.15, 0.2) is 5.58 Å². The van der Waals surface area contributed by atoms with Crippen LogP contribution in [0.4, 0.5) is 17.1 Å². The zero-order valence-electron chi connectivity index (χ0n) is 29.8. The summed E-state index contributed by atoms with van der Waals surface area (Å²) in [6.07, 6.45) is 0. The summed E-state index contributed by atoms with van der Waals surface area (Å²) in [5, 5.41) is 7.07. The molecule has 1 aromatic heterocycles. The van der Waals surface area contributed by atoms with Crippen molar-refractivity contribution in [3.05, 3.63) is 211 Å². The molecule has 0 atom stereocenters. The highest BCUT2D eigenvalue weighted by Gasteiger charge is 2.40. The predicted molar refractivity (Wildman–Crippen MR) is 226 cm³/mol. The van der Waals surface area contributed by atoms with Gasteiger partial charge in [-0.2, -0.15) is 0 Å². The summed E-state index contributed by atoms with van der Waals surface area (Å²) < 4.78 is 7.08. The van der Waals surface area contributed by atoms with E-state index in [0.29, 0.717) is 0 Å². The number of hydrogen-bond acceptors (Lipinski definition) is 2. The van der Waals surface area contributed by atoms with Crippen molar-refractivity contribution in [1.29, 1.82) is 0 Å². The Bertz CT molecular complexity index is 3020. The third-order valence-corrected chi connectivity index (χ3v) is 11.7. The summed E-state index contributed by atoms with van der Waals surface area (Å²) in [7, 11) is 0. The smallest absolute Gasteiger partial charge is 0.159 e. The van der Waals surface area contributed by atoms with Crippen LogP contribution in [0.25, 0.3) is 65.7 Å². The second-order valence-corrected chi connectivity index (χ2v) is 14.6. The molecule has 0 radical (unpaired) electrons. The molecule has 0 saturated carbocycles. The van der Waals surface area contributed by atoms with Gasteiger partial charge < -0.3 is 9.32 Å². The molecule has 11 rings (SSSR count). The highest BCUT2D eigenvalue weighted by atomic mass is 16.3. The molecule has 0 unspecified atom stereocenters. The van der Waals surface area contributed by atoms with Gasteiger partial charge in [0.1, 0.15) is 5.58 Å². The summed E-state index contributed by atoms with van der Waals surface area (Å²) in [6, 6.07) is 70.4. The van der Waals surface area contributed by atoms with E-state index >= 15 is 0 Å². The lowest BCUT2D eigenvalue weighted by Crippen LogP contribution is -2.22. The van der Waals surface area contributed by atoms with Crippen LogP contribution in [-0.4, -0.2) is 0 Å². The normalized spacial score (nSPS) is 13.1. The Labute approximate surface area is 314 Å². The van der Waals surface area contributed by atoms with Gasteiger partial charge >= 0.3 is 0 Å². The molecule has 0 amide bonds. The highest BCUT2D eigenvalue weighted by molar-refractivity contribution is 6.17. The van der Waals surface area contributed by atoms with Crippen molar-refractivity contribution >= 4 is 60.5 Å². The van der Waals surface area contributed by atoms with Gasteiger partial charge in [-0.3, -0.25) is 0 Å². The van der Waals surface area contributed by atoms with Crippen molar-refractivity contribution in [2.45, 2.75) is 12.3 Å².